The summed E-state index contributed by atoms with van der Waals surface area (Å²) >= 11 is 0. The lowest BCUT2D eigenvalue weighted by atomic mass is 10.1. The van der Waals surface area contributed by atoms with E-state index in [2.05, 4.69) is 5.32 Å². The number of hydrogen-bond acceptors (Lipinski definition) is 3. The first-order valence-corrected chi connectivity index (χ1v) is 7.64. The van der Waals surface area contributed by atoms with Gasteiger partial charge in [-0.1, -0.05) is 36.4 Å². The Bertz CT molecular complexity index is 694. The van der Waals surface area contributed by atoms with Gasteiger partial charge in [0.05, 0.1) is 11.4 Å². The third kappa shape index (κ3) is 5.07. The number of hydrogen-bond donors (Lipinski definition) is 3. The van der Waals surface area contributed by atoms with Crippen LogP contribution in [0.1, 0.15) is 12.8 Å². The van der Waals surface area contributed by atoms with Crippen LogP contribution < -0.4 is 10.2 Å². The fraction of sp³-hybridized carbons (Fsp3) is 0.167. The van der Waals surface area contributed by atoms with Crippen molar-refractivity contribution in [2.75, 3.05) is 4.90 Å². The number of anilines is 2. The molecule has 0 heterocycles. The molecule has 0 fully saturated rings. The van der Waals surface area contributed by atoms with Crippen molar-refractivity contribution in [3.05, 3.63) is 60.7 Å². The lowest BCUT2D eigenvalue weighted by Crippen LogP contribution is -2.46. The number of aliphatic carboxylic acids is 2. The molecule has 0 aromatic heterocycles. The highest BCUT2D eigenvalue weighted by Gasteiger charge is 2.25. The summed E-state index contributed by atoms with van der Waals surface area (Å²) in [5.41, 5.74) is 1.13. The van der Waals surface area contributed by atoms with Gasteiger partial charge < -0.3 is 15.5 Å². The highest BCUT2D eigenvalue weighted by Crippen LogP contribution is 2.25. The number of nitrogens with one attached hydrogen (secondary N) is 1. The quantitative estimate of drug-likeness (QED) is 0.717. The van der Waals surface area contributed by atoms with Crippen LogP contribution in [-0.2, 0) is 9.59 Å². The van der Waals surface area contributed by atoms with Crippen molar-refractivity contribution in [3.63, 3.8) is 0 Å². The summed E-state index contributed by atoms with van der Waals surface area (Å²) in [6.07, 6.45) is -0.554. The van der Waals surface area contributed by atoms with Gasteiger partial charge in [-0.2, -0.15) is 0 Å². The predicted octanol–water partition coefficient (Wildman–Crippen LogP) is 2.85. The number of rotatable bonds is 7. The molecule has 2 amide bonds. The number of nitrogens with zero attached hydrogens (tertiary/aromatic N) is 1. The Kier molecular flexibility index (Phi) is 6.11. The van der Waals surface area contributed by atoms with E-state index < -0.39 is 24.0 Å². The Morgan fingerprint density at radius 1 is 0.880 bits per heavy atom. The summed E-state index contributed by atoms with van der Waals surface area (Å²) in [4.78, 5) is 36.0. The first kappa shape index (κ1) is 18.0. The first-order valence-electron chi connectivity index (χ1n) is 7.64. The molecule has 7 nitrogen and oxygen atoms in total. The van der Waals surface area contributed by atoms with Gasteiger partial charge in [0.1, 0.15) is 6.04 Å². The van der Waals surface area contributed by atoms with Gasteiger partial charge in [-0.3, -0.25) is 9.69 Å². The van der Waals surface area contributed by atoms with E-state index in [0.717, 1.165) is 0 Å². The highest BCUT2D eigenvalue weighted by molar-refractivity contribution is 6.00. The van der Waals surface area contributed by atoms with E-state index in [1.807, 2.05) is 0 Å². The van der Waals surface area contributed by atoms with Crippen LogP contribution in [0.4, 0.5) is 16.2 Å². The molecule has 0 bridgehead atoms. The summed E-state index contributed by atoms with van der Waals surface area (Å²) in [5, 5.41) is 20.4. The zero-order valence-electron chi connectivity index (χ0n) is 13.3. The van der Waals surface area contributed by atoms with Crippen LogP contribution in [0.25, 0.3) is 0 Å². The van der Waals surface area contributed by atoms with E-state index >= 15 is 0 Å². The fourth-order valence-electron chi connectivity index (χ4n) is 2.28. The van der Waals surface area contributed by atoms with Gasteiger partial charge in [-0.15, -0.1) is 0 Å². The van der Waals surface area contributed by atoms with Crippen molar-refractivity contribution in [1.29, 1.82) is 0 Å². The van der Waals surface area contributed by atoms with Crippen LogP contribution in [0.15, 0.2) is 60.7 Å². The summed E-state index contributed by atoms with van der Waals surface area (Å²) in [6, 6.07) is 15.6. The average molecular weight is 342 g/mol. The average Bonchev–Trinajstić information content (AvgIpc) is 2.60. The Labute approximate surface area is 144 Å². The molecule has 3 N–H and O–H groups in total. The molecule has 0 aliphatic carbocycles. The van der Waals surface area contributed by atoms with E-state index in [-0.39, 0.29) is 12.8 Å². The molecule has 2 aromatic rings. The third-order valence-corrected chi connectivity index (χ3v) is 3.47. The molecule has 2 aromatic carbocycles. The molecular formula is C18H18N2O5. The molecule has 0 radical (unpaired) electrons. The van der Waals surface area contributed by atoms with Gasteiger partial charge >= 0.3 is 18.0 Å². The minimum absolute atomic E-state index is 0.201. The molecule has 130 valence electrons. The Morgan fingerprint density at radius 2 is 1.36 bits per heavy atom. The van der Waals surface area contributed by atoms with Crippen LogP contribution in [0.3, 0.4) is 0 Å². The largest absolute Gasteiger partial charge is 0.481 e. The van der Waals surface area contributed by atoms with Crippen LogP contribution in [0.5, 0.6) is 0 Å². The van der Waals surface area contributed by atoms with Gasteiger partial charge in [0.2, 0.25) is 0 Å². The van der Waals surface area contributed by atoms with Gasteiger partial charge in [0.15, 0.2) is 0 Å². The van der Waals surface area contributed by atoms with Crippen molar-refractivity contribution >= 4 is 29.3 Å². The maximum Gasteiger partial charge on any atom is 0.327 e. The van der Waals surface area contributed by atoms with Crippen molar-refractivity contribution in [2.45, 2.75) is 18.9 Å². The van der Waals surface area contributed by atoms with E-state index in [0.29, 0.717) is 11.4 Å². The van der Waals surface area contributed by atoms with Gasteiger partial charge in [-0.25, -0.2) is 9.59 Å². The van der Waals surface area contributed by atoms with Gasteiger partial charge in [-0.05, 0) is 30.7 Å². The molecule has 0 aliphatic heterocycles. The van der Waals surface area contributed by atoms with Gasteiger partial charge in [0, 0.05) is 6.42 Å². The van der Waals surface area contributed by atoms with Crippen molar-refractivity contribution in [1.82, 2.24) is 5.32 Å². The normalized spacial score (nSPS) is 11.4. The minimum Gasteiger partial charge on any atom is -0.481 e. The van der Waals surface area contributed by atoms with Crippen molar-refractivity contribution in [2.24, 2.45) is 0 Å². The summed E-state index contributed by atoms with van der Waals surface area (Å²) in [6.45, 7) is 0. The molecule has 25 heavy (non-hydrogen) atoms. The summed E-state index contributed by atoms with van der Waals surface area (Å²) < 4.78 is 0. The Balaban J connectivity index is 2.26. The SMILES string of the molecule is O=C(O)CC[C@@H](NC(=O)N(c1ccccc1)c1ccccc1)C(=O)O. The molecule has 0 unspecified atom stereocenters. The number of carboxylic acid groups (broad SMARTS) is 2. The molecule has 1 atom stereocenters. The zero-order chi connectivity index (χ0) is 18.2. The maximum atomic E-state index is 12.7. The minimum atomic E-state index is -1.29. The summed E-state index contributed by atoms with van der Waals surface area (Å²) in [5.74, 6) is -2.40. The smallest absolute Gasteiger partial charge is 0.327 e. The fourth-order valence-corrected chi connectivity index (χ4v) is 2.28. The second kappa shape index (κ2) is 8.49. The van der Waals surface area contributed by atoms with Gasteiger partial charge in [0.25, 0.3) is 0 Å². The molecule has 0 saturated heterocycles. The number of para-hydroxylation sites is 2. The number of carbonyl (C=O) groups is 3. The Morgan fingerprint density at radius 3 is 1.76 bits per heavy atom. The monoisotopic (exact) mass is 342 g/mol. The predicted molar refractivity (Wildman–Crippen MR) is 91.8 cm³/mol. The number of urea groups is 1. The number of carboxylic acids is 2. The van der Waals surface area contributed by atoms with Crippen LogP contribution >= 0.6 is 0 Å². The molecule has 0 aliphatic rings. The summed E-state index contributed by atoms with van der Waals surface area (Å²) in [7, 11) is 0. The van der Waals surface area contributed by atoms with E-state index in [1.165, 1.54) is 4.90 Å². The third-order valence-electron chi connectivity index (χ3n) is 3.47. The Hall–Kier alpha value is -3.35. The highest BCUT2D eigenvalue weighted by atomic mass is 16.4. The molecule has 0 saturated carbocycles. The van der Waals surface area contributed by atoms with E-state index in [4.69, 9.17) is 5.11 Å². The molecule has 0 spiro atoms. The standard InChI is InChI=1S/C18H18N2O5/c21-16(22)12-11-15(17(23)24)19-18(25)20(13-7-3-1-4-8-13)14-9-5-2-6-10-14/h1-10,15H,11-12H2,(H,19,25)(H,21,22)(H,23,24)/t15-/m1/s1. The van der Waals surface area contributed by atoms with Crippen molar-refractivity contribution < 1.29 is 24.6 Å². The molecular weight excluding hydrogens is 324 g/mol. The molecule has 2 rings (SSSR count). The second-order valence-corrected chi connectivity index (χ2v) is 5.28. The topological polar surface area (TPSA) is 107 Å². The van der Waals surface area contributed by atoms with E-state index in [9.17, 15) is 19.5 Å². The maximum absolute atomic E-state index is 12.7. The van der Waals surface area contributed by atoms with Crippen LogP contribution in [-0.4, -0.2) is 34.2 Å². The van der Waals surface area contributed by atoms with Crippen LogP contribution in [0.2, 0.25) is 0 Å². The number of amides is 2. The van der Waals surface area contributed by atoms with Crippen LogP contribution in [0, 0.1) is 0 Å². The zero-order valence-corrected chi connectivity index (χ0v) is 13.3. The van der Waals surface area contributed by atoms with Crippen molar-refractivity contribution in [3.8, 4) is 0 Å². The van der Waals surface area contributed by atoms with E-state index in [1.54, 1.807) is 60.7 Å². The first-order chi connectivity index (χ1) is 12.0. The number of benzene rings is 2. The molecule has 7 heteroatoms. The number of carbonyl (C=O) groups excluding carboxylic acids is 1. The second-order valence-electron chi connectivity index (χ2n) is 5.28. The lowest BCUT2D eigenvalue weighted by Gasteiger charge is -2.25. The lowest BCUT2D eigenvalue weighted by molar-refractivity contribution is -0.140.